The van der Waals surface area contributed by atoms with Gasteiger partial charge in [0.25, 0.3) is 0 Å². The summed E-state index contributed by atoms with van der Waals surface area (Å²) in [7, 11) is 0. The molecule has 0 saturated heterocycles. The van der Waals surface area contributed by atoms with E-state index in [4.69, 9.17) is 10.6 Å². The molecule has 0 bridgehead atoms. The Labute approximate surface area is 158 Å². The zero-order valence-corrected chi connectivity index (χ0v) is 16.0. The monoisotopic (exact) mass is 361 g/mol. The second-order valence-corrected chi connectivity index (χ2v) is 7.10. The summed E-state index contributed by atoms with van der Waals surface area (Å²) in [4.78, 5) is 13.9. The van der Waals surface area contributed by atoms with Crippen molar-refractivity contribution in [3.63, 3.8) is 0 Å². The number of rotatable bonds is 12. The number of hydrogen-bond donors (Lipinski definition) is 3. The molecule has 1 aliphatic carbocycles. The van der Waals surface area contributed by atoms with Crippen LogP contribution in [0, 0.1) is 5.92 Å². The highest BCUT2D eigenvalue weighted by Crippen LogP contribution is 2.23. The Kier molecular flexibility index (Phi) is 10.7. The minimum atomic E-state index is 0.468. The van der Waals surface area contributed by atoms with E-state index in [1.54, 1.807) is 12.4 Å². The van der Waals surface area contributed by atoms with Crippen LogP contribution in [0.15, 0.2) is 29.5 Å². The zero-order chi connectivity index (χ0) is 18.3. The van der Waals surface area contributed by atoms with Crippen LogP contribution in [0.3, 0.4) is 0 Å². The lowest BCUT2D eigenvalue weighted by Crippen LogP contribution is -2.22. The standard InChI is InChI=1S/C20H35N5O/c21-20(25-19-11-15-22-16-12-19)23-13-7-2-1-3-8-14-24-26-17-18-9-5-4-6-10-18/h11-12,15-16,18,24H,1-10,13-14,17H2,(H3,21,22,23,25). The van der Waals surface area contributed by atoms with Gasteiger partial charge in [0.05, 0.1) is 6.61 Å². The van der Waals surface area contributed by atoms with Crippen LogP contribution in [0.5, 0.6) is 0 Å². The summed E-state index contributed by atoms with van der Waals surface area (Å²) >= 11 is 0. The third kappa shape index (κ3) is 9.73. The predicted octanol–water partition coefficient (Wildman–Crippen LogP) is 3.86. The number of pyridine rings is 1. The minimum absolute atomic E-state index is 0.468. The minimum Gasteiger partial charge on any atom is -0.370 e. The first-order chi connectivity index (χ1) is 12.8. The van der Waals surface area contributed by atoms with E-state index in [9.17, 15) is 0 Å². The van der Waals surface area contributed by atoms with Gasteiger partial charge in [0.1, 0.15) is 0 Å². The maximum absolute atomic E-state index is 5.86. The average Bonchev–Trinajstić information content (AvgIpc) is 2.67. The fraction of sp³-hybridized carbons (Fsp3) is 0.700. The number of unbranched alkanes of at least 4 members (excludes halogenated alkanes) is 4. The maximum Gasteiger partial charge on any atom is 0.193 e. The Morgan fingerprint density at radius 3 is 2.62 bits per heavy atom. The molecule has 26 heavy (non-hydrogen) atoms. The van der Waals surface area contributed by atoms with Gasteiger partial charge in [-0.1, -0.05) is 38.5 Å². The predicted molar refractivity (Wildman–Crippen MR) is 108 cm³/mol. The van der Waals surface area contributed by atoms with Crippen molar-refractivity contribution in [2.75, 3.05) is 25.0 Å². The smallest absolute Gasteiger partial charge is 0.193 e. The van der Waals surface area contributed by atoms with Crippen LogP contribution in [0.25, 0.3) is 0 Å². The Hall–Kier alpha value is -1.66. The molecule has 1 aromatic heterocycles. The van der Waals surface area contributed by atoms with Crippen LogP contribution in [0.2, 0.25) is 0 Å². The van der Waals surface area contributed by atoms with Crippen molar-refractivity contribution in [2.45, 2.75) is 64.2 Å². The molecule has 0 aromatic carbocycles. The molecule has 1 aliphatic rings. The third-order valence-electron chi connectivity index (χ3n) is 4.82. The topological polar surface area (TPSA) is 84.6 Å². The van der Waals surface area contributed by atoms with Crippen molar-refractivity contribution in [1.29, 1.82) is 0 Å². The molecule has 1 aromatic rings. The van der Waals surface area contributed by atoms with Crippen LogP contribution in [0.4, 0.5) is 5.69 Å². The highest BCUT2D eigenvalue weighted by Gasteiger charge is 2.13. The van der Waals surface area contributed by atoms with Gasteiger partial charge >= 0.3 is 0 Å². The molecule has 6 nitrogen and oxygen atoms in total. The van der Waals surface area contributed by atoms with Crippen LogP contribution in [-0.4, -0.2) is 30.6 Å². The Bertz CT molecular complexity index is 488. The number of hydrogen-bond acceptors (Lipinski definition) is 4. The molecular formula is C20H35N5O. The molecule has 146 valence electrons. The van der Waals surface area contributed by atoms with Crippen molar-refractivity contribution in [3.8, 4) is 0 Å². The van der Waals surface area contributed by atoms with E-state index in [2.05, 4.69) is 20.8 Å². The van der Waals surface area contributed by atoms with E-state index in [0.717, 1.165) is 37.7 Å². The number of nitrogens with zero attached hydrogens (tertiary/aromatic N) is 2. The number of guanidine groups is 1. The van der Waals surface area contributed by atoms with Gasteiger partial charge < -0.3 is 15.9 Å². The van der Waals surface area contributed by atoms with Gasteiger partial charge in [-0.25, -0.2) is 5.48 Å². The second kappa shape index (κ2) is 13.5. The van der Waals surface area contributed by atoms with Gasteiger partial charge in [0, 0.05) is 31.2 Å². The van der Waals surface area contributed by atoms with Crippen LogP contribution >= 0.6 is 0 Å². The molecule has 0 radical (unpaired) electrons. The van der Waals surface area contributed by atoms with E-state index in [1.165, 1.54) is 57.8 Å². The summed E-state index contributed by atoms with van der Waals surface area (Å²) in [5, 5.41) is 3.06. The highest BCUT2D eigenvalue weighted by molar-refractivity contribution is 5.92. The Balaban J connectivity index is 1.36. The molecule has 1 fully saturated rings. The molecular weight excluding hydrogens is 326 g/mol. The molecule has 0 unspecified atom stereocenters. The van der Waals surface area contributed by atoms with Crippen molar-refractivity contribution in [2.24, 2.45) is 16.6 Å². The molecule has 0 atom stereocenters. The molecule has 0 aliphatic heterocycles. The Morgan fingerprint density at radius 2 is 1.81 bits per heavy atom. The molecule has 2 rings (SSSR count). The number of nitrogens with two attached hydrogens (primary N) is 1. The van der Waals surface area contributed by atoms with Crippen molar-refractivity contribution >= 4 is 11.6 Å². The first-order valence-corrected chi connectivity index (χ1v) is 10.2. The van der Waals surface area contributed by atoms with Crippen LogP contribution < -0.4 is 16.5 Å². The van der Waals surface area contributed by atoms with E-state index in [0.29, 0.717) is 5.96 Å². The van der Waals surface area contributed by atoms with Crippen LogP contribution in [0.1, 0.15) is 64.2 Å². The van der Waals surface area contributed by atoms with Crippen molar-refractivity contribution < 1.29 is 4.84 Å². The third-order valence-corrected chi connectivity index (χ3v) is 4.82. The summed E-state index contributed by atoms with van der Waals surface area (Å²) < 4.78 is 0. The lowest BCUT2D eigenvalue weighted by Gasteiger charge is -2.21. The van der Waals surface area contributed by atoms with Crippen LogP contribution in [-0.2, 0) is 4.84 Å². The fourth-order valence-corrected chi connectivity index (χ4v) is 3.26. The lowest BCUT2D eigenvalue weighted by molar-refractivity contribution is 0.00861. The second-order valence-electron chi connectivity index (χ2n) is 7.10. The number of anilines is 1. The summed E-state index contributed by atoms with van der Waals surface area (Å²) in [5.74, 6) is 1.24. The number of aromatic nitrogens is 1. The molecule has 1 saturated carbocycles. The van der Waals surface area contributed by atoms with Gasteiger partial charge in [-0.05, 0) is 43.7 Å². The SMILES string of the molecule is NC(=NCCCCCCCNOCC1CCCCC1)Nc1ccncc1. The number of hydroxylamine groups is 1. The number of nitrogens with one attached hydrogen (secondary N) is 2. The van der Waals surface area contributed by atoms with E-state index in [1.807, 2.05) is 12.1 Å². The van der Waals surface area contributed by atoms with Crippen molar-refractivity contribution in [3.05, 3.63) is 24.5 Å². The normalized spacial score (nSPS) is 15.9. The maximum atomic E-state index is 5.86. The first-order valence-electron chi connectivity index (χ1n) is 10.2. The van der Waals surface area contributed by atoms with E-state index >= 15 is 0 Å². The first kappa shape index (κ1) is 20.6. The summed E-state index contributed by atoms with van der Waals surface area (Å²) in [6.45, 7) is 2.60. The van der Waals surface area contributed by atoms with Gasteiger partial charge in [-0.3, -0.25) is 9.98 Å². The van der Waals surface area contributed by atoms with E-state index < -0.39 is 0 Å². The van der Waals surface area contributed by atoms with E-state index in [-0.39, 0.29) is 0 Å². The number of aliphatic imine (C=N–C) groups is 1. The summed E-state index contributed by atoms with van der Waals surface area (Å²) in [5.41, 5.74) is 9.90. The molecule has 0 amide bonds. The van der Waals surface area contributed by atoms with Crippen molar-refractivity contribution in [1.82, 2.24) is 10.5 Å². The van der Waals surface area contributed by atoms with Gasteiger partial charge in [0.15, 0.2) is 5.96 Å². The summed E-state index contributed by atoms with van der Waals surface area (Å²) in [6, 6.07) is 3.74. The molecule has 0 spiro atoms. The summed E-state index contributed by atoms with van der Waals surface area (Å²) in [6.07, 6.45) is 16.2. The molecule has 6 heteroatoms. The highest BCUT2D eigenvalue weighted by atomic mass is 16.6. The largest absolute Gasteiger partial charge is 0.370 e. The fourth-order valence-electron chi connectivity index (χ4n) is 3.26. The average molecular weight is 362 g/mol. The van der Waals surface area contributed by atoms with Gasteiger partial charge in [-0.2, -0.15) is 0 Å². The zero-order valence-electron chi connectivity index (χ0n) is 16.0. The van der Waals surface area contributed by atoms with Gasteiger partial charge in [-0.15, -0.1) is 0 Å². The molecule has 1 heterocycles. The van der Waals surface area contributed by atoms with Gasteiger partial charge in [0.2, 0.25) is 0 Å². The quantitative estimate of drug-likeness (QED) is 0.228. The lowest BCUT2D eigenvalue weighted by atomic mass is 9.90. The molecule has 4 N–H and O–H groups in total. The Morgan fingerprint density at radius 1 is 1.08 bits per heavy atom.